The zero-order valence-corrected chi connectivity index (χ0v) is 24.1. The van der Waals surface area contributed by atoms with Crippen LogP contribution in [0.3, 0.4) is 0 Å². The monoisotopic (exact) mass is 570 g/mol. The quantitative estimate of drug-likeness (QED) is 0.362. The van der Waals surface area contributed by atoms with Gasteiger partial charge in [-0.15, -0.1) is 0 Å². The second-order valence-corrected chi connectivity index (χ2v) is 11.1. The Morgan fingerprint density at radius 2 is 1.95 bits per heavy atom. The number of likely N-dealkylation sites (tertiary alicyclic amines) is 1. The molecule has 2 aromatic carbocycles. The Hall–Kier alpha value is -2.98. The highest BCUT2D eigenvalue weighted by atomic mass is 35.5. The average molecular weight is 571 g/mol. The third-order valence-electron chi connectivity index (χ3n) is 7.59. The molecule has 0 spiro atoms. The average Bonchev–Trinajstić information content (AvgIpc) is 3.62. The molecule has 2 unspecified atom stereocenters. The van der Waals surface area contributed by atoms with E-state index in [9.17, 15) is 14.7 Å². The lowest BCUT2D eigenvalue weighted by atomic mass is 9.93. The molecule has 3 N–H and O–H groups in total. The number of nitrogens with one attached hydrogen (secondary N) is 2. The number of likely N-dealkylation sites (N-methyl/N-ethyl adjacent to an activating group) is 1. The first kappa shape index (κ1) is 30.0. The molecule has 1 saturated heterocycles. The molecular weight excluding hydrogens is 532 g/mol. The number of aliphatic imine (C=N–C) groups is 1. The van der Waals surface area contributed by atoms with E-state index in [0.29, 0.717) is 36.9 Å². The number of hydrogen-bond donors (Lipinski definition) is 3. The predicted octanol–water partition coefficient (Wildman–Crippen LogP) is 2.73. The maximum atomic E-state index is 14.0. The fourth-order valence-electron chi connectivity index (χ4n) is 5.08. The summed E-state index contributed by atoms with van der Waals surface area (Å²) in [5.41, 5.74) is 1.07. The first-order chi connectivity index (χ1) is 19.2. The molecule has 0 aromatic heterocycles. The first-order valence-electron chi connectivity index (χ1n) is 13.8. The molecule has 0 bridgehead atoms. The van der Waals surface area contributed by atoms with Gasteiger partial charge in [0.05, 0.1) is 25.4 Å². The van der Waals surface area contributed by atoms with Crippen LogP contribution in [0.15, 0.2) is 59.6 Å². The molecule has 0 radical (unpaired) electrons. The van der Waals surface area contributed by atoms with E-state index >= 15 is 0 Å². The molecule has 10 heteroatoms. The molecule has 1 fully saturated rings. The van der Waals surface area contributed by atoms with Gasteiger partial charge in [0.25, 0.3) is 0 Å². The number of carbonyl (C=O) groups is 2. The fraction of sp³-hybridized carbons (Fsp3) is 0.500. The van der Waals surface area contributed by atoms with Crippen molar-refractivity contribution >= 4 is 29.3 Å². The van der Waals surface area contributed by atoms with Gasteiger partial charge in [-0.3, -0.25) is 9.59 Å². The van der Waals surface area contributed by atoms with Crippen LogP contribution in [0.2, 0.25) is 5.02 Å². The number of ether oxygens (including phenoxy) is 2. The van der Waals surface area contributed by atoms with E-state index in [0.717, 1.165) is 17.5 Å². The van der Waals surface area contributed by atoms with E-state index in [1.54, 1.807) is 31.9 Å². The molecule has 2 heterocycles. The Labute approximate surface area is 240 Å². The minimum Gasteiger partial charge on any atom is -0.477 e. The smallest absolute Gasteiger partial charge is 0.248 e. The van der Waals surface area contributed by atoms with Crippen molar-refractivity contribution in [3.63, 3.8) is 0 Å². The van der Waals surface area contributed by atoms with Gasteiger partial charge in [-0.1, -0.05) is 54.1 Å². The highest BCUT2D eigenvalue weighted by Gasteiger charge is 2.44. The number of carbonyl (C=O) groups excluding carboxylic acids is 2. The van der Waals surface area contributed by atoms with Crippen molar-refractivity contribution in [3.8, 4) is 0 Å². The van der Waals surface area contributed by atoms with Crippen molar-refractivity contribution in [2.45, 2.75) is 69.5 Å². The third kappa shape index (κ3) is 7.20. The van der Waals surface area contributed by atoms with Gasteiger partial charge in [0.1, 0.15) is 24.2 Å². The fourth-order valence-corrected chi connectivity index (χ4v) is 5.30. The number of nitrogens with zero attached hydrogens (tertiary/aromatic N) is 2. The Morgan fingerprint density at radius 3 is 2.65 bits per heavy atom. The van der Waals surface area contributed by atoms with E-state index in [1.807, 2.05) is 48.5 Å². The van der Waals surface area contributed by atoms with Crippen molar-refractivity contribution in [3.05, 3.63) is 70.7 Å². The van der Waals surface area contributed by atoms with Gasteiger partial charge in [0, 0.05) is 18.0 Å². The molecule has 0 saturated carbocycles. The zero-order chi connectivity index (χ0) is 28.7. The van der Waals surface area contributed by atoms with Crippen LogP contribution in [0, 0.1) is 0 Å². The molecule has 216 valence electrons. The van der Waals surface area contributed by atoms with E-state index in [-0.39, 0.29) is 31.1 Å². The van der Waals surface area contributed by atoms with Gasteiger partial charge in [0.2, 0.25) is 17.7 Å². The highest BCUT2D eigenvalue weighted by Crippen LogP contribution is 2.30. The van der Waals surface area contributed by atoms with Gasteiger partial charge in [-0.05, 0) is 57.0 Å². The number of benzene rings is 2. The summed E-state index contributed by atoms with van der Waals surface area (Å²) in [4.78, 5) is 33.4. The number of rotatable bonds is 12. The van der Waals surface area contributed by atoms with Crippen molar-refractivity contribution in [2.75, 3.05) is 26.8 Å². The van der Waals surface area contributed by atoms with Crippen LogP contribution >= 0.6 is 11.6 Å². The second kappa shape index (κ2) is 13.6. The maximum Gasteiger partial charge on any atom is 0.248 e. The Bertz CT molecular complexity index is 1200. The zero-order valence-electron chi connectivity index (χ0n) is 23.3. The number of aliphatic hydroxyl groups is 1. The summed E-state index contributed by atoms with van der Waals surface area (Å²) in [6.45, 7) is 4.36. The SMILES string of the molecule is CN[C@@H](C)C(=O)N[C@H](C(=O)N1CCCC1C1=N[C@](CO)(Cc2cccc(Cl)c2)CO1)C(C)OCc1ccccc1. The highest BCUT2D eigenvalue weighted by molar-refractivity contribution is 6.30. The van der Waals surface area contributed by atoms with Gasteiger partial charge in [0.15, 0.2) is 0 Å². The minimum atomic E-state index is -0.899. The molecule has 2 aromatic rings. The van der Waals surface area contributed by atoms with Crippen LogP contribution < -0.4 is 10.6 Å². The van der Waals surface area contributed by atoms with E-state index in [4.69, 9.17) is 26.1 Å². The molecule has 40 heavy (non-hydrogen) atoms. The molecule has 2 amide bonds. The van der Waals surface area contributed by atoms with Crippen LogP contribution in [0.5, 0.6) is 0 Å². The van der Waals surface area contributed by atoms with Crippen molar-refractivity contribution in [1.82, 2.24) is 15.5 Å². The molecule has 0 aliphatic carbocycles. The summed E-state index contributed by atoms with van der Waals surface area (Å²) < 4.78 is 12.1. The second-order valence-electron chi connectivity index (χ2n) is 10.6. The molecule has 5 atom stereocenters. The summed E-state index contributed by atoms with van der Waals surface area (Å²) >= 11 is 6.16. The standard InChI is InChI=1S/C30H39ClN4O5/c1-20(32-3)27(37)33-26(21(2)39-17-22-9-5-4-6-10-22)29(38)35-14-8-13-25(35)28-34-30(18-36,19-40-28)16-23-11-7-12-24(31)15-23/h4-7,9-12,15,20-21,25-26,32,36H,8,13-14,16-19H2,1-3H3,(H,33,37)/t20-,21?,25?,26-,30-/m0/s1. The lowest BCUT2D eigenvalue weighted by Gasteiger charge is -2.32. The van der Waals surface area contributed by atoms with Gasteiger partial charge >= 0.3 is 0 Å². The first-order valence-corrected chi connectivity index (χ1v) is 14.1. The number of amides is 2. The summed E-state index contributed by atoms with van der Waals surface area (Å²) in [6, 6.07) is 15.4. The van der Waals surface area contributed by atoms with Crippen molar-refractivity contribution in [2.24, 2.45) is 4.99 Å². The molecule has 2 aliphatic heterocycles. The van der Waals surface area contributed by atoms with Crippen LogP contribution in [-0.4, -0.2) is 84.3 Å². The maximum absolute atomic E-state index is 14.0. The van der Waals surface area contributed by atoms with Crippen molar-refractivity contribution in [1.29, 1.82) is 0 Å². The molecular formula is C30H39ClN4O5. The topological polar surface area (TPSA) is 112 Å². The van der Waals surface area contributed by atoms with Crippen molar-refractivity contribution < 1.29 is 24.2 Å². The molecule has 2 aliphatic rings. The minimum absolute atomic E-state index is 0.200. The predicted molar refractivity (Wildman–Crippen MR) is 154 cm³/mol. The number of hydrogen-bond acceptors (Lipinski definition) is 7. The molecule has 9 nitrogen and oxygen atoms in total. The van der Waals surface area contributed by atoms with Gasteiger partial charge < -0.3 is 30.1 Å². The van der Waals surface area contributed by atoms with Gasteiger partial charge in [-0.2, -0.15) is 0 Å². The summed E-state index contributed by atoms with van der Waals surface area (Å²) in [5, 5.41) is 16.7. The Balaban J connectivity index is 1.52. The van der Waals surface area contributed by atoms with E-state index < -0.39 is 23.7 Å². The normalized spacial score (nSPS) is 22.8. The van der Waals surface area contributed by atoms with Crippen LogP contribution in [0.1, 0.15) is 37.8 Å². The Morgan fingerprint density at radius 1 is 1.20 bits per heavy atom. The van der Waals surface area contributed by atoms with E-state index in [2.05, 4.69) is 10.6 Å². The lowest BCUT2D eigenvalue weighted by Crippen LogP contribution is -2.58. The lowest BCUT2D eigenvalue weighted by molar-refractivity contribution is -0.141. The summed E-state index contributed by atoms with van der Waals surface area (Å²) in [7, 11) is 1.69. The Kier molecular flexibility index (Phi) is 10.2. The van der Waals surface area contributed by atoms with Crippen LogP contribution in [-0.2, 0) is 32.1 Å². The number of halogens is 1. The van der Waals surface area contributed by atoms with E-state index in [1.165, 1.54) is 0 Å². The summed E-state index contributed by atoms with van der Waals surface area (Å²) in [6.07, 6.45) is 1.31. The van der Waals surface area contributed by atoms with Crippen LogP contribution in [0.25, 0.3) is 0 Å². The molecule has 4 rings (SSSR count). The van der Waals surface area contributed by atoms with Crippen LogP contribution in [0.4, 0.5) is 0 Å². The largest absolute Gasteiger partial charge is 0.477 e. The number of aliphatic hydroxyl groups excluding tert-OH is 1. The third-order valence-corrected chi connectivity index (χ3v) is 7.82. The van der Waals surface area contributed by atoms with Gasteiger partial charge in [-0.25, -0.2) is 4.99 Å². The summed E-state index contributed by atoms with van der Waals surface area (Å²) in [5.74, 6) is -0.0992.